The lowest BCUT2D eigenvalue weighted by molar-refractivity contribution is -0.230. The van der Waals surface area contributed by atoms with Gasteiger partial charge >= 0.3 is 0 Å². The molecule has 1 unspecified atom stereocenters. The molecular weight excluding hydrogens is 292 g/mol. The molecule has 0 amide bonds. The lowest BCUT2D eigenvalue weighted by atomic mass is 10.2. The first-order valence-electron chi connectivity index (χ1n) is 7.28. The van der Waals surface area contributed by atoms with E-state index in [0.717, 1.165) is 24.8 Å². The van der Waals surface area contributed by atoms with Gasteiger partial charge in [-0.1, -0.05) is 24.6 Å². The van der Waals surface area contributed by atoms with Crippen molar-refractivity contribution >= 4 is 10.1 Å². The van der Waals surface area contributed by atoms with Crippen LogP contribution >= 0.6 is 0 Å². The van der Waals surface area contributed by atoms with Crippen LogP contribution in [-0.2, 0) is 23.8 Å². The van der Waals surface area contributed by atoms with Gasteiger partial charge in [-0.25, -0.2) is 4.18 Å². The van der Waals surface area contributed by atoms with Gasteiger partial charge in [0, 0.05) is 6.61 Å². The summed E-state index contributed by atoms with van der Waals surface area (Å²) in [6.45, 7) is 4.36. The highest BCUT2D eigenvalue weighted by Gasteiger charge is 2.25. The average Bonchev–Trinajstić information content (AvgIpc) is 2.48. The van der Waals surface area contributed by atoms with E-state index in [9.17, 15) is 8.42 Å². The van der Waals surface area contributed by atoms with Crippen molar-refractivity contribution in [1.29, 1.82) is 0 Å². The van der Waals surface area contributed by atoms with Crippen LogP contribution in [0.25, 0.3) is 0 Å². The maximum Gasteiger partial charge on any atom is 0.299 e. The second kappa shape index (κ2) is 7.35. The SMILES string of the molecule is CC[C@@H](OC1CCCCO1)OS(=O)(=O)c1ccc(C)cc1. The third-order valence-electron chi connectivity index (χ3n) is 3.32. The molecule has 1 aliphatic rings. The smallest absolute Gasteiger partial charge is 0.299 e. The molecule has 6 heteroatoms. The van der Waals surface area contributed by atoms with Crippen LogP contribution in [0.5, 0.6) is 0 Å². The van der Waals surface area contributed by atoms with Crippen LogP contribution in [0.15, 0.2) is 29.2 Å². The Kier molecular flexibility index (Phi) is 5.75. The molecular formula is C15H22O5S. The monoisotopic (exact) mass is 314 g/mol. The van der Waals surface area contributed by atoms with E-state index in [4.69, 9.17) is 13.7 Å². The van der Waals surface area contributed by atoms with Gasteiger partial charge < -0.3 is 9.47 Å². The van der Waals surface area contributed by atoms with Gasteiger partial charge in [-0.15, -0.1) is 0 Å². The Labute approximate surface area is 126 Å². The standard InChI is InChI=1S/C15H22O5S/c1-3-14(19-15-6-4-5-11-18-15)20-21(16,17)13-9-7-12(2)8-10-13/h7-10,14-15H,3-6,11H2,1-2H3/t14-,15?/m0/s1. The van der Waals surface area contributed by atoms with E-state index in [2.05, 4.69) is 0 Å². The molecule has 0 N–H and O–H groups in total. The summed E-state index contributed by atoms with van der Waals surface area (Å²) >= 11 is 0. The second-order valence-corrected chi connectivity index (χ2v) is 6.71. The molecule has 1 aliphatic heterocycles. The zero-order valence-electron chi connectivity index (χ0n) is 12.4. The molecule has 1 aromatic carbocycles. The van der Waals surface area contributed by atoms with Crippen LogP contribution in [0.3, 0.4) is 0 Å². The van der Waals surface area contributed by atoms with Crippen LogP contribution in [0, 0.1) is 6.92 Å². The van der Waals surface area contributed by atoms with E-state index in [1.54, 1.807) is 12.1 Å². The van der Waals surface area contributed by atoms with Crippen molar-refractivity contribution in [3.8, 4) is 0 Å². The van der Waals surface area contributed by atoms with Crippen molar-refractivity contribution < 1.29 is 22.1 Å². The summed E-state index contributed by atoms with van der Waals surface area (Å²) in [7, 11) is -3.82. The molecule has 1 fully saturated rings. The number of rotatable bonds is 6. The van der Waals surface area contributed by atoms with Crippen LogP contribution in [0.2, 0.25) is 0 Å². The van der Waals surface area contributed by atoms with E-state index < -0.39 is 16.4 Å². The summed E-state index contributed by atoms with van der Waals surface area (Å²) in [6.07, 6.45) is 2.04. The highest BCUT2D eigenvalue weighted by molar-refractivity contribution is 7.86. The zero-order chi connectivity index (χ0) is 15.3. The first kappa shape index (κ1) is 16.4. The van der Waals surface area contributed by atoms with Crippen LogP contribution in [0.1, 0.15) is 38.2 Å². The number of benzene rings is 1. The highest BCUT2D eigenvalue weighted by Crippen LogP contribution is 2.21. The summed E-state index contributed by atoms with van der Waals surface area (Å²) in [6, 6.07) is 6.55. The molecule has 0 radical (unpaired) electrons. The predicted octanol–water partition coefficient (Wildman–Crippen LogP) is 2.98. The Bertz CT molecular complexity index is 532. The van der Waals surface area contributed by atoms with Crippen molar-refractivity contribution in [1.82, 2.24) is 0 Å². The van der Waals surface area contributed by atoms with Gasteiger partial charge in [-0.05, 0) is 44.7 Å². The minimum atomic E-state index is -3.82. The molecule has 118 valence electrons. The molecule has 1 heterocycles. The number of hydrogen-bond donors (Lipinski definition) is 0. The van der Waals surface area contributed by atoms with Gasteiger partial charge in [-0.2, -0.15) is 8.42 Å². The molecule has 0 saturated carbocycles. The molecule has 2 rings (SSSR count). The lowest BCUT2D eigenvalue weighted by Gasteiger charge is -2.26. The highest BCUT2D eigenvalue weighted by atomic mass is 32.2. The summed E-state index contributed by atoms with van der Waals surface area (Å²) < 4.78 is 40.7. The minimum Gasteiger partial charge on any atom is -0.353 e. The Balaban J connectivity index is 2.00. The number of ether oxygens (including phenoxy) is 2. The first-order chi connectivity index (χ1) is 10.0. The van der Waals surface area contributed by atoms with Gasteiger partial charge in [0.25, 0.3) is 10.1 Å². The normalized spacial score (nSPS) is 21.1. The van der Waals surface area contributed by atoms with E-state index in [0.29, 0.717) is 13.0 Å². The zero-order valence-corrected chi connectivity index (χ0v) is 13.3. The van der Waals surface area contributed by atoms with E-state index in [-0.39, 0.29) is 11.2 Å². The fourth-order valence-corrected chi connectivity index (χ4v) is 3.12. The van der Waals surface area contributed by atoms with Crippen molar-refractivity contribution in [2.45, 2.75) is 57.0 Å². The second-order valence-electron chi connectivity index (χ2n) is 5.13. The summed E-state index contributed by atoms with van der Waals surface area (Å²) in [4.78, 5) is 0.139. The molecule has 0 aromatic heterocycles. The molecule has 0 spiro atoms. The van der Waals surface area contributed by atoms with Crippen LogP contribution in [0.4, 0.5) is 0 Å². The lowest BCUT2D eigenvalue weighted by Crippen LogP contribution is -2.30. The van der Waals surface area contributed by atoms with Crippen molar-refractivity contribution in [3.63, 3.8) is 0 Å². The van der Waals surface area contributed by atoms with Crippen molar-refractivity contribution in [2.24, 2.45) is 0 Å². The third kappa shape index (κ3) is 4.78. The molecule has 2 atom stereocenters. The molecule has 1 aromatic rings. The average molecular weight is 314 g/mol. The molecule has 0 bridgehead atoms. The largest absolute Gasteiger partial charge is 0.353 e. The van der Waals surface area contributed by atoms with E-state index in [1.165, 1.54) is 12.1 Å². The van der Waals surface area contributed by atoms with Crippen molar-refractivity contribution in [3.05, 3.63) is 29.8 Å². The van der Waals surface area contributed by atoms with E-state index in [1.807, 2.05) is 13.8 Å². The first-order valence-corrected chi connectivity index (χ1v) is 8.69. The Morgan fingerprint density at radius 3 is 2.57 bits per heavy atom. The van der Waals surface area contributed by atoms with Gasteiger partial charge in [0.15, 0.2) is 12.6 Å². The van der Waals surface area contributed by atoms with Gasteiger partial charge in [0.1, 0.15) is 0 Å². The van der Waals surface area contributed by atoms with Crippen molar-refractivity contribution in [2.75, 3.05) is 6.61 Å². The molecule has 1 saturated heterocycles. The van der Waals surface area contributed by atoms with Crippen LogP contribution in [-0.4, -0.2) is 27.6 Å². The predicted molar refractivity (Wildman–Crippen MR) is 78.2 cm³/mol. The maximum atomic E-state index is 12.2. The topological polar surface area (TPSA) is 61.8 Å². The molecule has 21 heavy (non-hydrogen) atoms. The van der Waals surface area contributed by atoms with Gasteiger partial charge in [-0.3, -0.25) is 0 Å². The fourth-order valence-electron chi connectivity index (χ4n) is 2.08. The maximum absolute atomic E-state index is 12.2. The quantitative estimate of drug-likeness (QED) is 0.597. The summed E-state index contributed by atoms with van der Waals surface area (Å²) in [5.74, 6) is 0. The van der Waals surface area contributed by atoms with Gasteiger partial charge in [0.05, 0.1) is 4.90 Å². The summed E-state index contributed by atoms with van der Waals surface area (Å²) in [5, 5.41) is 0. The van der Waals surface area contributed by atoms with Gasteiger partial charge in [0.2, 0.25) is 0 Å². The van der Waals surface area contributed by atoms with E-state index >= 15 is 0 Å². The Morgan fingerprint density at radius 1 is 1.29 bits per heavy atom. The third-order valence-corrected chi connectivity index (χ3v) is 4.64. The fraction of sp³-hybridized carbons (Fsp3) is 0.600. The number of hydrogen-bond acceptors (Lipinski definition) is 5. The summed E-state index contributed by atoms with van der Waals surface area (Å²) in [5.41, 5.74) is 0.993. The number of aryl methyl sites for hydroxylation is 1. The molecule has 5 nitrogen and oxygen atoms in total. The molecule has 0 aliphatic carbocycles. The Morgan fingerprint density at radius 2 is 2.00 bits per heavy atom. The van der Waals surface area contributed by atoms with Crippen LogP contribution < -0.4 is 0 Å². The Hall–Kier alpha value is -0.950. The minimum absolute atomic E-state index is 0.139.